The number of nitrogens with zero attached hydrogens (tertiary/aromatic N) is 2. The van der Waals surface area contributed by atoms with Crippen LogP contribution in [0, 0.1) is 5.92 Å². The van der Waals surface area contributed by atoms with E-state index in [1.54, 1.807) is 4.90 Å². The fourth-order valence-corrected chi connectivity index (χ4v) is 4.15. The summed E-state index contributed by atoms with van der Waals surface area (Å²) in [6.45, 7) is 4.76. The highest BCUT2D eigenvalue weighted by atomic mass is 16.5. The first kappa shape index (κ1) is 20.6. The van der Waals surface area contributed by atoms with Crippen molar-refractivity contribution >= 4 is 11.8 Å². The van der Waals surface area contributed by atoms with E-state index in [1.807, 2.05) is 36.4 Å². The quantitative estimate of drug-likeness (QED) is 0.763. The van der Waals surface area contributed by atoms with E-state index in [2.05, 4.69) is 34.5 Å². The Kier molecular flexibility index (Phi) is 6.77. The Labute approximate surface area is 177 Å². The first-order valence-electron chi connectivity index (χ1n) is 10.6. The molecule has 2 atom stereocenters. The van der Waals surface area contributed by atoms with Crippen LogP contribution in [0.15, 0.2) is 60.7 Å². The highest BCUT2D eigenvalue weighted by molar-refractivity contribution is 5.89. The number of amides is 2. The van der Waals surface area contributed by atoms with E-state index in [4.69, 9.17) is 4.74 Å². The minimum absolute atomic E-state index is 0.0241. The fraction of sp³-hybridized carbons (Fsp3) is 0.417. The minimum atomic E-state index is -0.287. The van der Waals surface area contributed by atoms with Crippen LogP contribution in [-0.2, 0) is 27.4 Å². The molecule has 1 N–H and O–H groups in total. The highest BCUT2D eigenvalue weighted by Crippen LogP contribution is 2.20. The molecule has 0 aliphatic carbocycles. The maximum atomic E-state index is 12.6. The molecule has 0 spiro atoms. The van der Waals surface area contributed by atoms with Crippen LogP contribution in [0.1, 0.15) is 17.5 Å². The van der Waals surface area contributed by atoms with Gasteiger partial charge in [-0.25, -0.2) is 0 Å². The first-order chi connectivity index (χ1) is 14.7. The predicted molar refractivity (Wildman–Crippen MR) is 114 cm³/mol. The van der Waals surface area contributed by atoms with E-state index in [0.717, 1.165) is 25.2 Å². The van der Waals surface area contributed by atoms with Gasteiger partial charge in [0.1, 0.15) is 0 Å². The Balaban J connectivity index is 1.23. The Hall–Kier alpha value is -2.70. The summed E-state index contributed by atoms with van der Waals surface area (Å²) in [6.07, 6.45) is 0.258. The maximum Gasteiger partial charge on any atom is 0.225 e. The van der Waals surface area contributed by atoms with Crippen LogP contribution in [0.2, 0.25) is 0 Å². The van der Waals surface area contributed by atoms with Gasteiger partial charge < -0.3 is 15.0 Å². The third-order valence-corrected chi connectivity index (χ3v) is 5.78. The first-order valence-corrected chi connectivity index (χ1v) is 10.6. The number of ether oxygens (including phenoxy) is 1. The number of carbonyl (C=O) groups excluding carboxylic acids is 2. The molecule has 30 heavy (non-hydrogen) atoms. The molecule has 0 saturated carbocycles. The molecule has 2 aromatic carbocycles. The molecule has 2 aromatic rings. The summed E-state index contributed by atoms with van der Waals surface area (Å²) in [5.74, 6) is -0.296. The lowest BCUT2D eigenvalue weighted by Crippen LogP contribution is -2.48. The number of benzene rings is 2. The number of likely N-dealkylation sites (tertiary alicyclic amines) is 1. The molecule has 4 rings (SSSR count). The van der Waals surface area contributed by atoms with E-state index in [1.165, 1.54) is 5.56 Å². The lowest BCUT2D eigenvalue weighted by atomic mass is 10.1. The molecule has 0 bridgehead atoms. The second-order valence-corrected chi connectivity index (χ2v) is 8.12. The van der Waals surface area contributed by atoms with Crippen molar-refractivity contribution in [2.24, 2.45) is 5.92 Å². The second kappa shape index (κ2) is 9.87. The third kappa shape index (κ3) is 5.46. The summed E-state index contributed by atoms with van der Waals surface area (Å²) in [7, 11) is 0. The van der Waals surface area contributed by atoms with Crippen molar-refractivity contribution in [3.63, 3.8) is 0 Å². The predicted octanol–water partition coefficient (Wildman–Crippen LogP) is 2.05. The van der Waals surface area contributed by atoms with Crippen molar-refractivity contribution in [1.29, 1.82) is 0 Å². The monoisotopic (exact) mass is 407 g/mol. The molecule has 2 aliphatic rings. The zero-order chi connectivity index (χ0) is 20.8. The molecule has 0 aromatic heterocycles. The molecule has 2 amide bonds. The smallest absolute Gasteiger partial charge is 0.225 e. The SMILES string of the molecule is O=C(NCC1CN(Cc2ccccc2)CCO1)C1CC(=O)N(Cc2ccccc2)C1. The van der Waals surface area contributed by atoms with Crippen LogP contribution >= 0.6 is 0 Å². The molecule has 6 heteroatoms. The van der Waals surface area contributed by atoms with Crippen LogP contribution in [0.25, 0.3) is 0 Å². The van der Waals surface area contributed by atoms with Gasteiger partial charge >= 0.3 is 0 Å². The van der Waals surface area contributed by atoms with Crippen molar-refractivity contribution in [2.45, 2.75) is 25.6 Å². The normalized spacial score (nSPS) is 22.3. The van der Waals surface area contributed by atoms with Gasteiger partial charge in [-0.1, -0.05) is 60.7 Å². The van der Waals surface area contributed by atoms with Crippen LogP contribution < -0.4 is 5.32 Å². The van der Waals surface area contributed by atoms with Gasteiger partial charge in [0.05, 0.1) is 18.6 Å². The molecule has 6 nitrogen and oxygen atoms in total. The van der Waals surface area contributed by atoms with Gasteiger partial charge in [-0.3, -0.25) is 14.5 Å². The Bertz CT molecular complexity index is 843. The molecule has 2 saturated heterocycles. The summed E-state index contributed by atoms with van der Waals surface area (Å²) in [4.78, 5) is 29.1. The average Bonchev–Trinajstić information content (AvgIpc) is 3.14. The number of hydrogen-bond donors (Lipinski definition) is 1. The lowest BCUT2D eigenvalue weighted by Gasteiger charge is -2.33. The summed E-state index contributed by atoms with van der Waals surface area (Å²) in [5, 5.41) is 3.01. The van der Waals surface area contributed by atoms with Gasteiger partial charge in [-0.15, -0.1) is 0 Å². The Morgan fingerprint density at radius 3 is 2.33 bits per heavy atom. The van der Waals surface area contributed by atoms with Crippen LogP contribution in [-0.4, -0.2) is 60.5 Å². The highest BCUT2D eigenvalue weighted by Gasteiger charge is 2.34. The molecular weight excluding hydrogens is 378 g/mol. The zero-order valence-corrected chi connectivity index (χ0v) is 17.2. The van der Waals surface area contributed by atoms with Gasteiger partial charge in [0.15, 0.2) is 0 Å². The molecule has 2 heterocycles. The van der Waals surface area contributed by atoms with Crippen LogP contribution in [0.4, 0.5) is 0 Å². The molecule has 2 unspecified atom stereocenters. The van der Waals surface area contributed by atoms with E-state index < -0.39 is 0 Å². The topological polar surface area (TPSA) is 61.9 Å². The number of carbonyl (C=O) groups is 2. The van der Waals surface area contributed by atoms with E-state index >= 15 is 0 Å². The number of hydrogen-bond acceptors (Lipinski definition) is 4. The van der Waals surface area contributed by atoms with Crippen molar-refractivity contribution in [3.8, 4) is 0 Å². The number of rotatable bonds is 7. The Morgan fingerprint density at radius 1 is 0.967 bits per heavy atom. The molecule has 158 valence electrons. The van der Waals surface area contributed by atoms with E-state index in [0.29, 0.717) is 26.2 Å². The third-order valence-electron chi connectivity index (χ3n) is 5.78. The van der Waals surface area contributed by atoms with E-state index in [9.17, 15) is 9.59 Å². The molecule has 0 radical (unpaired) electrons. The second-order valence-electron chi connectivity index (χ2n) is 8.12. The average molecular weight is 408 g/mol. The van der Waals surface area contributed by atoms with Crippen LogP contribution in [0.3, 0.4) is 0 Å². The lowest BCUT2D eigenvalue weighted by molar-refractivity contribution is -0.129. The van der Waals surface area contributed by atoms with Crippen molar-refractivity contribution < 1.29 is 14.3 Å². The fourth-order valence-electron chi connectivity index (χ4n) is 4.15. The zero-order valence-electron chi connectivity index (χ0n) is 17.2. The largest absolute Gasteiger partial charge is 0.374 e. The van der Waals surface area contributed by atoms with Crippen molar-refractivity contribution in [2.75, 3.05) is 32.8 Å². The van der Waals surface area contributed by atoms with Crippen molar-refractivity contribution in [1.82, 2.24) is 15.1 Å². The summed E-state index contributed by atoms with van der Waals surface area (Å²) < 4.78 is 5.85. The van der Waals surface area contributed by atoms with Gasteiger partial charge in [0.25, 0.3) is 0 Å². The molecule has 2 aliphatic heterocycles. The van der Waals surface area contributed by atoms with Gasteiger partial charge in [-0.05, 0) is 11.1 Å². The molecule has 2 fully saturated rings. The van der Waals surface area contributed by atoms with Crippen molar-refractivity contribution in [3.05, 3.63) is 71.8 Å². The summed E-state index contributed by atoms with van der Waals surface area (Å²) in [5.41, 5.74) is 2.37. The van der Waals surface area contributed by atoms with Gasteiger partial charge in [-0.2, -0.15) is 0 Å². The minimum Gasteiger partial charge on any atom is -0.374 e. The van der Waals surface area contributed by atoms with Crippen LogP contribution in [0.5, 0.6) is 0 Å². The van der Waals surface area contributed by atoms with Gasteiger partial charge in [0.2, 0.25) is 11.8 Å². The van der Waals surface area contributed by atoms with Gasteiger partial charge in [0, 0.05) is 45.7 Å². The number of nitrogens with one attached hydrogen (secondary N) is 1. The maximum absolute atomic E-state index is 12.6. The number of morpholine rings is 1. The summed E-state index contributed by atoms with van der Waals surface area (Å²) in [6, 6.07) is 20.3. The Morgan fingerprint density at radius 2 is 1.63 bits per heavy atom. The summed E-state index contributed by atoms with van der Waals surface area (Å²) >= 11 is 0. The standard InChI is InChI=1S/C24H29N3O3/c28-23-13-21(17-27(23)16-20-9-5-2-6-10-20)24(29)25-14-22-18-26(11-12-30-22)15-19-7-3-1-4-8-19/h1-10,21-22H,11-18H2,(H,25,29). The molecular formula is C24H29N3O3. The van der Waals surface area contributed by atoms with E-state index in [-0.39, 0.29) is 30.3 Å².